The Labute approximate surface area is 167 Å². The monoisotopic (exact) mass is 400 g/mol. The summed E-state index contributed by atoms with van der Waals surface area (Å²) in [6, 6.07) is 19.6. The number of aromatic nitrogens is 2. The molecule has 0 amide bonds. The summed E-state index contributed by atoms with van der Waals surface area (Å²) in [4.78, 5) is 12.4. The average Bonchev–Trinajstić information content (AvgIpc) is 3.03. The number of benzene rings is 2. The highest BCUT2D eigenvalue weighted by Crippen LogP contribution is 2.64. The highest BCUT2D eigenvalue weighted by atomic mass is 35.5. The number of hydrogen-bond donors (Lipinski definition) is 0. The third-order valence-electron chi connectivity index (χ3n) is 4.93. The van der Waals surface area contributed by atoms with Crippen LogP contribution in [-0.4, -0.2) is 20.1 Å². The lowest BCUT2D eigenvalue weighted by Gasteiger charge is -2.11. The standard InChI is InChI=1S/C21H18Cl2N2O2/c1-20(14-21(20,22)23)19(26)27-13-16-12-25(17-10-6-3-7-11-17)24-18(16)15-8-4-2-5-9-15/h2-12H,13-14H2,1H3/t20-/m0/s1. The van der Waals surface area contributed by atoms with Crippen molar-refractivity contribution in [2.24, 2.45) is 5.41 Å². The molecule has 1 aliphatic carbocycles. The van der Waals surface area contributed by atoms with E-state index in [4.69, 9.17) is 33.0 Å². The summed E-state index contributed by atoms with van der Waals surface area (Å²) >= 11 is 12.2. The van der Waals surface area contributed by atoms with Gasteiger partial charge in [0.1, 0.15) is 16.4 Å². The molecule has 0 N–H and O–H groups in total. The van der Waals surface area contributed by atoms with Crippen LogP contribution in [0.5, 0.6) is 0 Å². The number of esters is 1. The van der Waals surface area contributed by atoms with E-state index in [1.807, 2.05) is 66.9 Å². The van der Waals surface area contributed by atoms with Crippen LogP contribution in [0, 0.1) is 5.41 Å². The number of rotatable bonds is 5. The van der Waals surface area contributed by atoms with Crippen LogP contribution in [0.1, 0.15) is 18.9 Å². The predicted octanol–water partition coefficient (Wildman–Crippen LogP) is 5.17. The van der Waals surface area contributed by atoms with Crippen molar-refractivity contribution < 1.29 is 9.53 Å². The molecule has 0 unspecified atom stereocenters. The summed E-state index contributed by atoms with van der Waals surface area (Å²) in [6.45, 7) is 1.83. The fourth-order valence-corrected chi connectivity index (χ4v) is 3.68. The number of carbonyl (C=O) groups excluding carboxylic acids is 1. The van der Waals surface area contributed by atoms with Crippen molar-refractivity contribution in [3.8, 4) is 16.9 Å². The number of nitrogens with zero attached hydrogens (tertiary/aromatic N) is 2. The number of carbonyl (C=O) groups is 1. The lowest BCUT2D eigenvalue weighted by atomic mass is 10.1. The molecule has 0 radical (unpaired) electrons. The normalized spacial score (nSPS) is 20.3. The van der Waals surface area contributed by atoms with Gasteiger partial charge in [0.25, 0.3) is 0 Å². The highest BCUT2D eigenvalue weighted by Gasteiger charge is 2.69. The molecule has 1 aromatic heterocycles. The predicted molar refractivity (Wildman–Crippen MR) is 106 cm³/mol. The summed E-state index contributed by atoms with van der Waals surface area (Å²) in [5, 5.41) is 4.71. The minimum absolute atomic E-state index is 0.106. The fraction of sp³-hybridized carbons (Fsp3) is 0.238. The minimum atomic E-state index is -1.04. The topological polar surface area (TPSA) is 44.1 Å². The van der Waals surface area contributed by atoms with E-state index >= 15 is 0 Å². The van der Waals surface area contributed by atoms with Crippen LogP contribution in [0.3, 0.4) is 0 Å². The molecule has 0 spiro atoms. The second-order valence-corrected chi connectivity index (χ2v) is 8.42. The van der Waals surface area contributed by atoms with Gasteiger partial charge in [0.15, 0.2) is 0 Å². The van der Waals surface area contributed by atoms with E-state index in [2.05, 4.69) is 0 Å². The van der Waals surface area contributed by atoms with Gasteiger partial charge in [0, 0.05) is 23.7 Å². The third-order valence-corrected chi connectivity index (χ3v) is 6.03. The molecule has 1 fully saturated rings. The first-order valence-electron chi connectivity index (χ1n) is 8.65. The molecule has 1 saturated carbocycles. The van der Waals surface area contributed by atoms with Gasteiger partial charge in [-0.25, -0.2) is 4.68 Å². The molecule has 6 heteroatoms. The smallest absolute Gasteiger partial charge is 0.315 e. The van der Waals surface area contributed by atoms with Gasteiger partial charge in [0.05, 0.1) is 11.4 Å². The average molecular weight is 401 g/mol. The maximum absolute atomic E-state index is 12.4. The first-order chi connectivity index (χ1) is 12.9. The molecule has 2 aromatic carbocycles. The van der Waals surface area contributed by atoms with Crippen LogP contribution in [0.2, 0.25) is 0 Å². The van der Waals surface area contributed by atoms with Gasteiger partial charge < -0.3 is 4.74 Å². The van der Waals surface area contributed by atoms with E-state index in [1.165, 1.54) is 0 Å². The number of alkyl halides is 2. The van der Waals surface area contributed by atoms with E-state index in [9.17, 15) is 4.79 Å². The minimum Gasteiger partial charge on any atom is -0.460 e. The Bertz CT molecular complexity index is 970. The molecule has 4 rings (SSSR count). The SMILES string of the molecule is C[C@@]1(C(=O)OCc2cn(-c3ccccc3)nc2-c2ccccc2)CC1(Cl)Cl. The molecule has 1 atom stereocenters. The van der Waals surface area contributed by atoms with Crippen molar-refractivity contribution in [2.45, 2.75) is 24.3 Å². The van der Waals surface area contributed by atoms with Crippen molar-refractivity contribution in [3.05, 3.63) is 72.4 Å². The van der Waals surface area contributed by atoms with Gasteiger partial charge in [0.2, 0.25) is 0 Å². The van der Waals surface area contributed by atoms with Crippen molar-refractivity contribution >= 4 is 29.2 Å². The quantitative estimate of drug-likeness (QED) is 0.438. The summed E-state index contributed by atoms with van der Waals surface area (Å²) < 4.78 is 6.29. The van der Waals surface area contributed by atoms with E-state index in [0.717, 1.165) is 22.5 Å². The van der Waals surface area contributed by atoms with Crippen LogP contribution in [0.25, 0.3) is 16.9 Å². The molecular weight excluding hydrogens is 383 g/mol. The zero-order valence-corrected chi connectivity index (χ0v) is 16.2. The Morgan fingerprint density at radius 2 is 1.70 bits per heavy atom. The largest absolute Gasteiger partial charge is 0.460 e. The van der Waals surface area contributed by atoms with Crippen molar-refractivity contribution in [1.82, 2.24) is 9.78 Å². The second kappa shape index (κ2) is 6.70. The number of hydrogen-bond acceptors (Lipinski definition) is 3. The highest BCUT2D eigenvalue weighted by molar-refractivity contribution is 6.53. The van der Waals surface area contributed by atoms with Crippen molar-refractivity contribution in [1.29, 1.82) is 0 Å². The number of halogens is 2. The Morgan fingerprint density at radius 1 is 1.11 bits per heavy atom. The summed E-state index contributed by atoms with van der Waals surface area (Å²) in [7, 11) is 0. The Balaban J connectivity index is 1.63. The first-order valence-corrected chi connectivity index (χ1v) is 9.41. The molecule has 0 bridgehead atoms. The van der Waals surface area contributed by atoms with Crippen LogP contribution in [0.4, 0.5) is 0 Å². The van der Waals surface area contributed by atoms with Crippen LogP contribution in [-0.2, 0) is 16.1 Å². The first kappa shape index (κ1) is 18.1. The molecule has 138 valence electrons. The zero-order valence-electron chi connectivity index (χ0n) is 14.7. The molecule has 27 heavy (non-hydrogen) atoms. The molecule has 4 nitrogen and oxygen atoms in total. The fourth-order valence-electron chi connectivity index (χ4n) is 2.99. The maximum atomic E-state index is 12.4. The molecule has 1 aliphatic rings. The summed E-state index contributed by atoms with van der Waals surface area (Å²) in [5.74, 6) is -0.390. The van der Waals surface area contributed by atoms with Gasteiger partial charge in [-0.05, 0) is 19.1 Å². The molecular formula is C21H18Cl2N2O2. The summed E-state index contributed by atoms with van der Waals surface area (Å²) in [6.07, 6.45) is 2.28. The Hall–Kier alpha value is -2.30. The third kappa shape index (κ3) is 3.35. The second-order valence-electron chi connectivity index (χ2n) is 6.94. The lowest BCUT2D eigenvalue weighted by molar-refractivity contribution is -0.150. The molecule has 1 heterocycles. The lowest BCUT2D eigenvalue weighted by Crippen LogP contribution is -2.21. The van der Waals surface area contributed by atoms with Crippen LogP contribution in [0.15, 0.2) is 66.9 Å². The zero-order chi connectivity index (χ0) is 19.1. The van der Waals surface area contributed by atoms with Crippen molar-refractivity contribution in [3.63, 3.8) is 0 Å². The Kier molecular flexibility index (Phi) is 4.49. The molecule has 3 aromatic rings. The number of para-hydroxylation sites is 1. The maximum Gasteiger partial charge on any atom is 0.315 e. The van der Waals surface area contributed by atoms with E-state index in [1.54, 1.807) is 11.6 Å². The van der Waals surface area contributed by atoms with Gasteiger partial charge >= 0.3 is 5.97 Å². The van der Waals surface area contributed by atoms with Crippen LogP contribution < -0.4 is 0 Å². The van der Waals surface area contributed by atoms with Gasteiger partial charge in [-0.1, -0.05) is 48.5 Å². The summed E-state index contributed by atoms with van der Waals surface area (Å²) in [5.41, 5.74) is 2.63. The molecule has 0 saturated heterocycles. The molecule has 0 aliphatic heterocycles. The van der Waals surface area contributed by atoms with Gasteiger partial charge in [-0.2, -0.15) is 5.10 Å². The van der Waals surface area contributed by atoms with Gasteiger partial charge in [-0.15, -0.1) is 23.2 Å². The Morgan fingerprint density at radius 3 is 2.30 bits per heavy atom. The van der Waals surface area contributed by atoms with Crippen LogP contribution >= 0.6 is 23.2 Å². The van der Waals surface area contributed by atoms with E-state index in [-0.39, 0.29) is 12.6 Å². The van der Waals surface area contributed by atoms with E-state index in [0.29, 0.717) is 6.42 Å². The van der Waals surface area contributed by atoms with Gasteiger partial charge in [-0.3, -0.25) is 4.79 Å². The van der Waals surface area contributed by atoms with Crippen molar-refractivity contribution in [2.75, 3.05) is 0 Å². The number of ether oxygens (including phenoxy) is 1. The van der Waals surface area contributed by atoms with E-state index < -0.39 is 9.75 Å².